The lowest BCUT2D eigenvalue weighted by Gasteiger charge is -2.25. The molecule has 1 aliphatic heterocycles. The molecule has 1 aliphatic rings. The number of aryl methyl sites for hydroxylation is 1. The average Bonchev–Trinajstić information content (AvgIpc) is 3.32. The second kappa shape index (κ2) is 11.0. The number of amides is 1. The first-order valence-electron chi connectivity index (χ1n) is 14.0. The molecule has 0 radical (unpaired) electrons. The molecule has 0 bridgehead atoms. The van der Waals surface area contributed by atoms with Gasteiger partial charge in [-0.25, -0.2) is 9.50 Å². The Morgan fingerprint density at radius 2 is 1.85 bits per heavy atom. The van der Waals surface area contributed by atoms with E-state index in [0.29, 0.717) is 33.9 Å². The van der Waals surface area contributed by atoms with Crippen LogP contribution in [-0.4, -0.2) is 50.1 Å². The average molecular weight is 545 g/mol. The molecule has 206 valence electrons. The Morgan fingerprint density at radius 3 is 2.63 bits per heavy atom. The summed E-state index contributed by atoms with van der Waals surface area (Å²) in [6, 6.07) is 18.6. The number of pyridine rings is 1. The molecular weight excluding hydrogens is 512 g/mol. The van der Waals surface area contributed by atoms with Crippen molar-refractivity contribution in [1.82, 2.24) is 29.4 Å². The van der Waals surface area contributed by atoms with Crippen LogP contribution in [0.1, 0.15) is 53.1 Å². The Bertz CT molecular complexity index is 1870. The maximum absolute atomic E-state index is 14.3. The van der Waals surface area contributed by atoms with Crippen LogP contribution >= 0.6 is 0 Å². The van der Waals surface area contributed by atoms with Crippen molar-refractivity contribution in [3.63, 3.8) is 0 Å². The summed E-state index contributed by atoms with van der Waals surface area (Å²) in [7, 11) is 2.14. The largest absolute Gasteiger partial charge is 0.344 e. The molecule has 0 aliphatic carbocycles. The minimum Gasteiger partial charge on any atom is -0.344 e. The van der Waals surface area contributed by atoms with Gasteiger partial charge in [0.15, 0.2) is 5.65 Å². The topological polar surface area (TPSA) is 84.5 Å². The van der Waals surface area contributed by atoms with Crippen molar-refractivity contribution >= 4 is 22.3 Å². The highest BCUT2D eigenvalue weighted by molar-refractivity contribution is 6.01. The van der Waals surface area contributed by atoms with Crippen molar-refractivity contribution < 1.29 is 4.79 Å². The van der Waals surface area contributed by atoms with Gasteiger partial charge in [-0.05, 0) is 82.5 Å². The number of fused-ring (bicyclic) bond motifs is 2. The summed E-state index contributed by atoms with van der Waals surface area (Å²) in [4.78, 5) is 34.5. The normalized spacial score (nSPS) is 15.0. The number of nitrogens with one attached hydrogen (secondary N) is 1. The highest BCUT2D eigenvalue weighted by Gasteiger charge is 2.23. The number of rotatable bonds is 4. The fourth-order valence-electron chi connectivity index (χ4n) is 5.59. The van der Waals surface area contributed by atoms with Gasteiger partial charge in [-0.15, -0.1) is 0 Å². The van der Waals surface area contributed by atoms with Gasteiger partial charge in [0.1, 0.15) is 5.56 Å². The molecule has 1 saturated heterocycles. The van der Waals surface area contributed by atoms with Gasteiger partial charge in [-0.2, -0.15) is 5.10 Å². The molecule has 6 rings (SSSR count). The molecule has 5 aromatic rings. The van der Waals surface area contributed by atoms with E-state index >= 15 is 0 Å². The molecule has 1 fully saturated rings. The van der Waals surface area contributed by atoms with E-state index in [1.807, 2.05) is 61.5 Å². The number of piperidine rings is 1. The number of aromatic nitrogens is 4. The Kier molecular flexibility index (Phi) is 7.12. The van der Waals surface area contributed by atoms with Crippen molar-refractivity contribution in [2.45, 2.75) is 32.7 Å². The first kappa shape index (κ1) is 26.5. The molecule has 8 nitrogen and oxygen atoms in total. The quantitative estimate of drug-likeness (QED) is 0.336. The zero-order valence-electron chi connectivity index (χ0n) is 23.5. The summed E-state index contributed by atoms with van der Waals surface area (Å²) < 4.78 is 3.29. The van der Waals surface area contributed by atoms with E-state index < -0.39 is 6.04 Å². The number of benzene rings is 2. The maximum atomic E-state index is 14.3. The molecule has 4 heterocycles. The number of carbonyl (C=O) groups is 1. The van der Waals surface area contributed by atoms with E-state index in [1.54, 1.807) is 34.5 Å². The van der Waals surface area contributed by atoms with Crippen LogP contribution in [0.3, 0.4) is 0 Å². The van der Waals surface area contributed by atoms with Crippen molar-refractivity contribution in [3.8, 4) is 17.5 Å². The summed E-state index contributed by atoms with van der Waals surface area (Å²) in [6.07, 6.45) is 5.47. The Balaban J connectivity index is 1.43. The van der Waals surface area contributed by atoms with Crippen LogP contribution in [0.2, 0.25) is 0 Å². The number of hydrogen-bond donors (Lipinski definition) is 1. The minimum absolute atomic E-state index is 0.160. The molecule has 0 spiro atoms. The number of nitrogens with zero attached hydrogens (tertiary/aromatic N) is 5. The van der Waals surface area contributed by atoms with Gasteiger partial charge in [0.25, 0.3) is 11.5 Å². The summed E-state index contributed by atoms with van der Waals surface area (Å²) in [5, 5.41) is 8.90. The van der Waals surface area contributed by atoms with Gasteiger partial charge in [0.2, 0.25) is 0 Å². The molecule has 1 N–H and O–H groups in total. The Hall–Kier alpha value is -4.74. The molecule has 1 atom stereocenters. The van der Waals surface area contributed by atoms with Crippen LogP contribution in [0.15, 0.2) is 77.9 Å². The molecule has 8 heteroatoms. The van der Waals surface area contributed by atoms with E-state index in [4.69, 9.17) is 0 Å². The zero-order chi connectivity index (χ0) is 28.5. The molecular formula is C33H32N6O2. The fourth-order valence-corrected chi connectivity index (χ4v) is 5.59. The predicted molar refractivity (Wildman–Crippen MR) is 160 cm³/mol. The second-order valence-corrected chi connectivity index (χ2v) is 10.7. The van der Waals surface area contributed by atoms with Crippen LogP contribution in [0.25, 0.3) is 22.1 Å². The lowest BCUT2D eigenvalue weighted by Crippen LogP contribution is -2.32. The molecule has 3 aromatic heterocycles. The summed E-state index contributed by atoms with van der Waals surface area (Å²) in [5.74, 6) is 6.81. The molecule has 0 unspecified atom stereocenters. The van der Waals surface area contributed by atoms with E-state index in [-0.39, 0.29) is 11.5 Å². The Labute approximate surface area is 238 Å². The van der Waals surface area contributed by atoms with Crippen LogP contribution in [-0.2, 0) is 0 Å². The van der Waals surface area contributed by atoms with Crippen LogP contribution in [0.4, 0.5) is 0 Å². The fraction of sp³-hybridized carbons (Fsp3) is 0.273. The van der Waals surface area contributed by atoms with Gasteiger partial charge in [0.05, 0.1) is 17.1 Å². The van der Waals surface area contributed by atoms with Crippen molar-refractivity contribution in [1.29, 1.82) is 0 Å². The second-order valence-electron chi connectivity index (χ2n) is 10.7. The zero-order valence-corrected chi connectivity index (χ0v) is 23.5. The molecule has 0 saturated carbocycles. The summed E-state index contributed by atoms with van der Waals surface area (Å²) >= 11 is 0. The maximum Gasteiger partial charge on any atom is 0.264 e. The standard InChI is InChI=1S/C33H32N6O2/c1-22(35-32(40)29-23(2)36-38-18-8-17-34-31(29)38)28-21-26-10-7-9-25(14-13-24-15-19-37(3)20-16-24)30(26)33(41)39(28)27-11-5-4-6-12-27/h4-12,17-18,21-22,24H,15-16,19-20H2,1-3H3,(H,35,40)/t22-/m0/s1. The first-order valence-corrected chi connectivity index (χ1v) is 14.0. The number of para-hydroxylation sites is 1. The van der Waals surface area contributed by atoms with E-state index in [0.717, 1.165) is 42.6 Å². The third kappa shape index (κ3) is 5.12. The predicted octanol–water partition coefficient (Wildman–Crippen LogP) is 4.53. The van der Waals surface area contributed by atoms with Gasteiger partial charge < -0.3 is 10.2 Å². The molecule has 41 heavy (non-hydrogen) atoms. The summed E-state index contributed by atoms with van der Waals surface area (Å²) in [6.45, 7) is 5.75. The van der Waals surface area contributed by atoms with Gasteiger partial charge in [-0.1, -0.05) is 42.2 Å². The minimum atomic E-state index is -0.494. The number of hydrogen-bond acceptors (Lipinski definition) is 5. The van der Waals surface area contributed by atoms with Gasteiger partial charge >= 0.3 is 0 Å². The third-order valence-electron chi connectivity index (χ3n) is 7.81. The highest BCUT2D eigenvalue weighted by atomic mass is 16.2. The Morgan fingerprint density at radius 1 is 1.07 bits per heavy atom. The smallest absolute Gasteiger partial charge is 0.264 e. The third-order valence-corrected chi connectivity index (χ3v) is 7.81. The highest BCUT2D eigenvalue weighted by Crippen LogP contribution is 2.24. The monoisotopic (exact) mass is 544 g/mol. The van der Waals surface area contributed by atoms with E-state index in [1.165, 1.54) is 0 Å². The number of carbonyl (C=O) groups excluding carboxylic acids is 1. The SMILES string of the molecule is Cc1nn2cccnc2c1C(=O)N[C@@H](C)c1cc2cccc(C#CC3CCN(C)CC3)c2c(=O)n1-c1ccccc1. The van der Waals surface area contributed by atoms with Crippen LogP contribution in [0, 0.1) is 24.7 Å². The van der Waals surface area contributed by atoms with Crippen LogP contribution < -0.4 is 10.9 Å². The van der Waals surface area contributed by atoms with Crippen molar-refractivity contribution in [2.24, 2.45) is 5.92 Å². The van der Waals surface area contributed by atoms with Crippen molar-refractivity contribution in [3.05, 3.63) is 106 Å². The van der Waals surface area contributed by atoms with Crippen LogP contribution in [0.5, 0.6) is 0 Å². The van der Waals surface area contributed by atoms with Gasteiger partial charge in [0, 0.05) is 35.3 Å². The van der Waals surface area contributed by atoms with E-state index in [9.17, 15) is 9.59 Å². The van der Waals surface area contributed by atoms with E-state index in [2.05, 4.69) is 39.2 Å². The van der Waals surface area contributed by atoms with Crippen molar-refractivity contribution in [2.75, 3.05) is 20.1 Å². The number of likely N-dealkylation sites (tertiary alicyclic amines) is 1. The first-order chi connectivity index (χ1) is 19.9. The lowest BCUT2D eigenvalue weighted by atomic mass is 9.96. The molecule has 1 amide bonds. The summed E-state index contributed by atoms with van der Waals surface area (Å²) in [5.41, 5.74) is 3.45. The van der Waals surface area contributed by atoms with Gasteiger partial charge in [-0.3, -0.25) is 14.2 Å². The molecule has 2 aromatic carbocycles. The lowest BCUT2D eigenvalue weighted by molar-refractivity contribution is 0.0939.